The zero-order chi connectivity index (χ0) is 18.4. The number of rotatable bonds is 7. The molecule has 0 radical (unpaired) electrons. The van der Waals surface area contributed by atoms with Gasteiger partial charge in [-0.3, -0.25) is 9.59 Å². The Bertz CT molecular complexity index is 891. The molecule has 0 aliphatic rings. The molecule has 3 aromatic rings. The molecule has 1 aromatic heterocycles. The Balaban J connectivity index is 1.47. The van der Waals surface area contributed by atoms with E-state index in [0.29, 0.717) is 17.0 Å². The average Bonchev–Trinajstić information content (AvgIpc) is 3.14. The van der Waals surface area contributed by atoms with Gasteiger partial charge in [0.05, 0.1) is 6.42 Å². The predicted molar refractivity (Wildman–Crippen MR) is 89.7 cm³/mol. The lowest BCUT2D eigenvalue weighted by molar-refractivity contribution is -0.142. The molecular weight excluding hydrogens is 339 g/mol. The molecule has 0 atom stereocenters. The summed E-state index contributed by atoms with van der Waals surface area (Å²) in [6, 6.07) is 14.3. The quantitative estimate of drug-likeness (QED) is 0.478. The van der Waals surface area contributed by atoms with Crippen molar-refractivity contribution in [3.05, 3.63) is 71.9 Å². The van der Waals surface area contributed by atoms with Crippen molar-refractivity contribution < 1.29 is 23.2 Å². The summed E-state index contributed by atoms with van der Waals surface area (Å²) in [6.07, 6.45) is 0.194. The number of halogens is 1. The predicted octanol–water partition coefficient (Wildman–Crippen LogP) is 3.23. The normalized spacial score (nSPS) is 10.5. The fourth-order valence-corrected chi connectivity index (χ4v) is 2.21. The first-order chi connectivity index (χ1) is 12.6. The number of Topliss-reactive ketones (excluding diaryl/α,β-unsaturated/α-hetero) is 1. The van der Waals surface area contributed by atoms with E-state index in [4.69, 9.17) is 9.26 Å². The van der Waals surface area contributed by atoms with E-state index in [0.717, 1.165) is 0 Å². The lowest BCUT2D eigenvalue weighted by Gasteiger charge is -2.03. The van der Waals surface area contributed by atoms with Crippen LogP contribution in [0.15, 0.2) is 59.1 Å². The second-order valence-corrected chi connectivity index (χ2v) is 5.47. The summed E-state index contributed by atoms with van der Waals surface area (Å²) in [5.41, 5.74) is 1.10. The third kappa shape index (κ3) is 4.60. The number of carbonyl (C=O) groups is 2. The largest absolute Gasteiger partial charge is 0.457 e. The van der Waals surface area contributed by atoms with Gasteiger partial charge in [0.1, 0.15) is 5.82 Å². The van der Waals surface area contributed by atoms with Crippen LogP contribution in [-0.2, 0) is 16.0 Å². The second kappa shape index (κ2) is 8.15. The zero-order valence-corrected chi connectivity index (χ0v) is 13.7. The number of ether oxygens (including phenoxy) is 1. The van der Waals surface area contributed by atoms with Gasteiger partial charge >= 0.3 is 5.97 Å². The van der Waals surface area contributed by atoms with Gasteiger partial charge in [-0.1, -0.05) is 35.5 Å². The van der Waals surface area contributed by atoms with Crippen LogP contribution in [0.2, 0.25) is 0 Å². The summed E-state index contributed by atoms with van der Waals surface area (Å²) in [5.74, 6) is -0.584. The van der Waals surface area contributed by atoms with Gasteiger partial charge in [-0.15, -0.1) is 0 Å². The molecule has 0 fully saturated rings. The Hall–Kier alpha value is -3.35. The van der Waals surface area contributed by atoms with E-state index < -0.39 is 5.97 Å². The first kappa shape index (κ1) is 17.5. The van der Waals surface area contributed by atoms with Crippen LogP contribution in [0.5, 0.6) is 0 Å². The maximum Gasteiger partial charge on any atom is 0.306 e. The Labute approximate surface area is 148 Å². The van der Waals surface area contributed by atoms with Gasteiger partial charge in [0.25, 0.3) is 0 Å². The summed E-state index contributed by atoms with van der Waals surface area (Å²) in [6.45, 7) is -0.312. The Morgan fingerprint density at radius 3 is 2.50 bits per heavy atom. The summed E-state index contributed by atoms with van der Waals surface area (Å²) in [4.78, 5) is 27.8. The van der Waals surface area contributed by atoms with Gasteiger partial charge in [-0.25, -0.2) is 4.39 Å². The molecule has 0 bridgehead atoms. The molecule has 0 aliphatic carbocycles. The van der Waals surface area contributed by atoms with Crippen LogP contribution in [-0.4, -0.2) is 28.5 Å². The highest BCUT2D eigenvalue weighted by atomic mass is 19.1. The molecule has 7 heteroatoms. The Morgan fingerprint density at radius 1 is 1.04 bits per heavy atom. The van der Waals surface area contributed by atoms with Gasteiger partial charge in [0, 0.05) is 17.5 Å². The minimum absolute atomic E-state index is 0.00706. The Kier molecular flexibility index (Phi) is 5.48. The number of aromatic nitrogens is 2. The van der Waals surface area contributed by atoms with E-state index in [2.05, 4.69) is 10.1 Å². The lowest BCUT2D eigenvalue weighted by atomic mass is 10.1. The molecule has 3 rings (SSSR count). The fraction of sp³-hybridized carbons (Fsp3) is 0.158. The molecule has 0 saturated carbocycles. The second-order valence-electron chi connectivity index (χ2n) is 5.47. The van der Waals surface area contributed by atoms with Crippen molar-refractivity contribution in [3.63, 3.8) is 0 Å². The number of ketones is 1. The number of benzene rings is 2. The van der Waals surface area contributed by atoms with Crippen LogP contribution in [0.3, 0.4) is 0 Å². The fourth-order valence-electron chi connectivity index (χ4n) is 2.21. The number of carbonyl (C=O) groups excluding carboxylic acids is 2. The summed E-state index contributed by atoms with van der Waals surface area (Å²) >= 11 is 0. The van der Waals surface area contributed by atoms with Crippen molar-refractivity contribution in [2.75, 3.05) is 6.61 Å². The number of aryl methyl sites for hydroxylation is 1. The van der Waals surface area contributed by atoms with Crippen molar-refractivity contribution in [2.24, 2.45) is 0 Å². The van der Waals surface area contributed by atoms with Crippen LogP contribution in [0.4, 0.5) is 4.39 Å². The Morgan fingerprint density at radius 2 is 1.77 bits per heavy atom. The van der Waals surface area contributed by atoms with Crippen LogP contribution >= 0.6 is 0 Å². The molecule has 0 unspecified atom stereocenters. The third-order valence-electron chi connectivity index (χ3n) is 3.57. The molecule has 0 amide bonds. The van der Waals surface area contributed by atoms with Gasteiger partial charge in [0.15, 0.2) is 12.4 Å². The average molecular weight is 354 g/mol. The number of esters is 1. The van der Waals surface area contributed by atoms with E-state index in [-0.39, 0.29) is 36.9 Å². The minimum Gasteiger partial charge on any atom is -0.457 e. The van der Waals surface area contributed by atoms with E-state index in [9.17, 15) is 14.0 Å². The van der Waals surface area contributed by atoms with E-state index in [1.807, 2.05) is 0 Å². The molecule has 2 aromatic carbocycles. The SMILES string of the molecule is O=C(CCc1nc(-c2ccc(F)cc2)no1)OCC(=O)c1ccccc1. The van der Waals surface area contributed by atoms with Crippen molar-refractivity contribution in [1.82, 2.24) is 10.1 Å². The van der Waals surface area contributed by atoms with E-state index in [1.165, 1.54) is 24.3 Å². The van der Waals surface area contributed by atoms with Crippen LogP contribution in [0.25, 0.3) is 11.4 Å². The van der Waals surface area contributed by atoms with E-state index in [1.54, 1.807) is 30.3 Å². The highest BCUT2D eigenvalue weighted by Gasteiger charge is 2.13. The van der Waals surface area contributed by atoms with Gasteiger partial charge in [0.2, 0.25) is 11.7 Å². The van der Waals surface area contributed by atoms with Gasteiger partial charge < -0.3 is 9.26 Å². The monoisotopic (exact) mass is 354 g/mol. The standard InChI is InChI=1S/C19H15FN2O4/c20-15-8-6-14(7-9-15)19-21-17(26-22-19)10-11-18(24)25-12-16(23)13-4-2-1-3-5-13/h1-9H,10-12H2. The molecule has 1 heterocycles. The van der Waals surface area contributed by atoms with Crippen molar-refractivity contribution >= 4 is 11.8 Å². The summed E-state index contributed by atoms with van der Waals surface area (Å²) in [7, 11) is 0. The van der Waals surface area contributed by atoms with Crippen LogP contribution in [0.1, 0.15) is 22.7 Å². The molecule has 6 nitrogen and oxygen atoms in total. The first-order valence-electron chi connectivity index (χ1n) is 7.94. The summed E-state index contributed by atoms with van der Waals surface area (Å²) in [5, 5.41) is 3.79. The van der Waals surface area contributed by atoms with Crippen LogP contribution < -0.4 is 0 Å². The first-order valence-corrected chi connectivity index (χ1v) is 7.94. The molecule has 0 spiro atoms. The highest BCUT2D eigenvalue weighted by Crippen LogP contribution is 2.16. The van der Waals surface area contributed by atoms with E-state index >= 15 is 0 Å². The third-order valence-corrected chi connectivity index (χ3v) is 3.57. The zero-order valence-electron chi connectivity index (χ0n) is 13.7. The van der Waals surface area contributed by atoms with Crippen molar-refractivity contribution in [2.45, 2.75) is 12.8 Å². The van der Waals surface area contributed by atoms with Crippen molar-refractivity contribution in [1.29, 1.82) is 0 Å². The number of hydrogen-bond acceptors (Lipinski definition) is 6. The molecule has 26 heavy (non-hydrogen) atoms. The summed E-state index contributed by atoms with van der Waals surface area (Å²) < 4.78 is 22.9. The molecule has 0 aliphatic heterocycles. The maximum absolute atomic E-state index is 12.9. The van der Waals surface area contributed by atoms with Gasteiger partial charge in [-0.2, -0.15) is 4.98 Å². The molecule has 0 N–H and O–H groups in total. The topological polar surface area (TPSA) is 82.3 Å². The maximum atomic E-state index is 12.9. The molecule has 132 valence electrons. The van der Waals surface area contributed by atoms with Gasteiger partial charge in [-0.05, 0) is 24.3 Å². The number of nitrogens with zero attached hydrogens (tertiary/aromatic N) is 2. The van der Waals surface area contributed by atoms with Crippen LogP contribution in [0, 0.1) is 5.82 Å². The molecular formula is C19H15FN2O4. The minimum atomic E-state index is -0.532. The highest BCUT2D eigenvalue weighted by molar-refractivity contribution is 5.97. The van der Waals surface area contributed by atoms with Crippen molar-refractivity contribution in [3.8, 4) is 11.4 Å². The lowest BCUT2D eigenvalue weighted by Crippen LogP contribution is -2.14. The smallest absolute Gasteiger partial charge is 0.306 e. The molecule has 0 saturated heterocycles. The number of hydrogen-bond donors (Lipinski definition) is 0.